The van der Waals surface area contributed by atoms with Crippen LogP contribution >= 0.6 is 11.6 Å². The number of carbonyl (C=O) groups is 2. The zero-order chi connectivity index (χ0) is 22.8. The molecule has 0 bridgehead atoms. The van der Waals surface area contributed by atoms with E-state index >= 15 is 0 Å². The molecule has 31 heavy (non-hydrogen) atoms. The van der Waals surface area contributed by atoms with Crippen molar-refractivity contribution in [2.45, 2.75) is 45.3 Å². The average molecular weight is 448 g/mol. The van der Waals surface area contributed by atoms with Crippen LogP contribution in [0.4, 0.5) is 4.39 Å². The second kappa shape index (κ2) is 9.38. The van der Waals surface area contributed by atoms with Gasteiger partial charge in [0, 0.05) is 30.5 Å². The third-order valence-electron chi connectivity index (χ3n) is 4.93. The number of halogens is 2. The second-order valence-corrected chi connectivity index (χ2v) is 8.53. The summed E-state index contributed by atoms with van der Waals surface area (Å²) in [4.78, 5) is 24.6. The number of ether oxygens (including phenoxy) is 2. The van der Waals surface area contributed by atoms with Gasteiger partial charge in [0.25, 0.3) is 5.79 Å². The van der Waals surface area contributed by atoms with Crippen LogP contribution < -0.4 is 5.23 Å². The number of nitrogens with one attached hydrogen (secondary N) is 1. The molecule has 0 aromatic heterocycles. The lowest BCUT2D eigenvalue weighted by molar-refractivity contribution is -0.240. The van der Waals surface area contributed by atoms with Gasteiger partial charge in [0.05, 0.1) is 0 Å². The molecule has 2 aromatic rings. The molecule has 0 radical (unpaired) electrons. The van der Waals surface area contributed by atoms with Gasteiger partial charge in [0.15, 0.2) is 5.92 Å². The summed E-state index contributed by atoms with van der Waals surface area (Å²) in [5.41, 5.74) is 1.95. The van der Waals surface area contributed by atoms with Crippen LogP contribution in [-0.2, 0) is 25.5 Å². The van der Waals surface area contributed by atoms with Crippen LogP contribution in [0.1, 0.15) is 25.8 Å². The van der Waals surface area contributed by atoms with Crippen LogP contribution in [0.3, 0.4) is 0 Å². The fourth-order valence-corrected chi connectivity index (χ4v) is 3.77. The molecule has 2 N–H and O–H groups in total. The maximum absolute atomic E-state index is 14.1. The highest BCUT2D eigenvalue weighted by Crippen LogP contribution is 2.28. The van der Waals surface area contributed by atoms with E-state index in [-0.39, 0.29) is 12.2 Å². The molecular weight excluding hydrogens is 424 g/mol. The lowest BCUT2D eigenvalue weighted by Gasteiger charge is -2.34. The minimum absolute atomic E-state index is 0.101. The van der Waals surface area contributed by atoms with Crippen molar-refractivity contribution in [3.8, 4) is 11.1 Å². The maximum Gasteiger partial charge on any atom is 0.373 e. The molecule has 1 heterocycles. The first-order valence-corrected chi connectivity index (χ1v) is 10.4. The largest absolute Gasteiger partial charge is 0.437 e. The van der Waals surface area contributed by atoms with Gasteiger partial charge in [0.2, 0.25) is 0 Å². The summed E-state index contributed by atoms with van der Waals surface area (Å²) in [5.74, 6) is -4.04. The molecule has 3 rings (SSSR count). The molecule has 6 nitrogen and oxygen atoms in total. The van der Waals surface area contributed by atoms with Gasteiger partial charge in [-0.05, 0) is 49.0 Å². The smallest absolute Gasteiger partial charge is 0.373 e. The van der Waals surface area contributed by atoms with E-state index < -0.39 is 36.7 Å². The van der Waals surface area contributed by atoms with Crippen LogP contribution in [0.2, 0.25) is 11.8 Å². The van der Waals surface area contributed by atoms with E-state index in [9.17, 15) is 19.0 Å². The van der Waals surface area contributed by atoms with Crippen molar-refractivity contribution in [1.29, 1.82) is 0 Å². The molecule has 9 heteroatoms. The van der Waals surface area contributed by atoms with Crippen molar-refractivity contribution >= 4 is 30.6 Å². The SMILES string of the molecule is CB(O)N[C@H](Cc1ccc(-c2cc(Cl)ccc2F)cc1)CC1C(=O)OC(C)(C)OC1=O. The highest BCUT2D eigenvalue weighted by molar-refractivity contribution is 6.45. The number of esters is 2. The lowest BCUT2D eigenvalue weighted by Crippen LogP contribution is -2.50. The normalized spacial score (nSPS) is 17.1. The molecule has 1 aliphatic heterocycles. The van der Waals surface area contributed by atoms with Crippen molar-refractivity contribution in [1.82, 2.24) is 5.23 Å². The Balaban J connectivity index is 1.74. The van der Waals surface area contributed by atoms with Crippen molar-refractivity contribution in [3.05, 3.63) is 58.9 Å². The number of hydrogen-bond acceptors (Lipinski definition) is 6. The summed E-state index contributed by atoms with van der Waals surface area (Å²) < 4.78 is 24.5. The molecular formula is C22H24BClFNO5. The Morgan fingerprint density at radius 1 is 1.16 bits per heavy atom. The van der Waals surface area contributed by atoms with Gasteiger partial charge in [-0.2, -0.15) is 0 Å². The van der Waals surface area contributed by atoms with E-state index in [1.54, 1.807) is 25.0 Å². The summed E-state index contributed by atoms with van der Waals surface area (Å²) in [7, 11) is -0.850. The molecule has 0 amide bonds. The summed E-state index contributed by atoms with van der Waals surface area (Å²) in [5, 5.41) is 13.2. The van der Waals surface area contributed by atoms with Crippen molar-refractivity contribution in [2.75, 3.05) is 0 Å². The topological polar surface area (TPSA) is 84.9 Å². The van der Waals surface area contributed by atoms with Crippen LogP contribution in [-0.4, -0.2) is 35.8 Å². The van der Waals surface area contributed by atoms with Gasteiger partial charge in [-0.25, -0.2) is 4.39 Å². The first-order chi connectivity index (χ1) is 14.5. The molecule has 164 valence electrons. The van der Waals surface area contributed by atoms with Crippen LogP contribution in [0, 0.1) is 11.7 Å². The summed E-state index contributed by atoms with van der Waals surface area (Å²) >= 11 is 5.97. The Hall–Kier alpha value is -2.42. The van der Waals surface area contributed by atoms with Crippen LogP contribution in [0.25, 0.3) is 11.1 Å². The fourth-order valence-electron chi connectivity index (χ4n) is 3.60. The molecule has 1 aliphatic rings. The minimum Gasteiger partial charge on any atom is -0.437 e. The number of carbonyl (C=O) groups excluding carboxylic acids is 2. The molecule has 1 saturated heterocycles. The summed E-state index contributed by atoms with van der Waals surface area (Å²) in [6.07, 6.45) is 0.521. The lowest BCUT2D eigenvalue weighted by atomic mass is 9.83. The Morgan fingerprint density at radius 2 is 1.77 bits per heavy atom. The Kier molecular flexibility index (Phi) is 7.04. The van der Waals surface area contributed by atoms with Gasteiger partial charge in [-0.15, -0.1) is 0 Å². The number of rotatable bonds is 7. The van der Waals surface area contributed by atoms with Gasteiger partial charge >= 0.3 is 19.0 Å². The number of hydrogen-bond donors (Lipinski definition) is 2. The third-order valence-corrected chi connectivity index (χ3v) is 5.17. The van der Waals surface area contributed by atoms with Crippen molar-refractivity contribution in [2.24, 2.45) is 5.92 Å². The molecule has 0 aliphatic carbocycles. The highest BCUT2D eigenvalue weighted by Gasteiger charge is 2.44. The molecule has 1 fully saturated rings. The van der Waals surface area contributed by atoms with Gasteiger partial charge in [0.1, 0.15) is 5.82 Å². The van der Waals surface area contributed by atoms with Gasteiger partial charge < -0.3 is 19.7 Å². The maximum atomic E-state index is 14.1. The van der Waals surface area contributed by atoms with E-state index in [1.165, 1.54) is 26.0 Å². The summed E-state index contributed by atoms with van der Waals surface area (Å²) in [6.45, 7) is 4.54. The zero-order valence-corrected chi connectivity index (χ0v) is 18.3. The standard InChI is InChI=1S/C22H24BClFNO5/c1-22(2)30-20(27)18(21(28)31-22)12-16(26-23(3)29)10-13-4-6-14(7-5-13)17-11-15(24)8-9-19(17)25/h4-9,11,16,18,26,29H,10,12H2,1-3H3/t16-/m1/s1. The summed E-state index contributed by atoms with van der Waals surface area (Å²) in [6, 6.07) is 11.2. The van der Waals surface area contributed by atoms with Gasteiger partial charge in [-0.1, -0.05) is 35.9 Å². The first kappa shape index (κ1) is 23.3. The number of benzene rings is 2. The van der Waals surface area contributed by atoms with Crippen LogP contribution in [0.5, 0.6) is 0 Å². The molecule has 1 atom stereocenters. The minimum atomic E-state index is -1.29. The zero-order valence-electron chi connectivity index (χ0n) is 17.5. The fraction of sp³-hybridized carbons (Fsp3) is 0.364. The monoisotopic (exact) mass is 447 g/mol. The molecule has 2 aromatic carbocycles. The molecule has 0 saturated carbocycles. The van der Waals surface area contributed by atoms with Crippen LogP contribution in [0.15, 0.2) is 42.5 Å². The molecule has 0 unspecified atom stereocenters. The number of cyclic esters (lactones) is 2. The third kappa shape index (κ3) is 6.06. The predicted octanol–water partition coefficient (Wildman–Crippen LogP) is 3.60. The highest BCUT2D eigenvalue weighted by atomic mass is 35.5. The molecule has 0 spiro atoms. The van der Waals surface area contributed by atoms with Crippen molar-refractivity contribution < 1.29 is 28.5 Å². The Bertz CT molecular complexity index is 947. The Morgan fingerprint density at radius 3 is 2.35 bits per heavy atom. The van der Waals surface area contributed by atoms with E-state index in [4.69, 9.17) is 21.1 Å². The van der Waals surface area contributed by atoms with Crippen molar-refractivity contribution in [3.63, 3.8) is 0 Å². The quantitative estimate of drug-likeness (QED) is 0.383. The second-order valence-electron chi connectivity index (χ2n) is 8.10. The Labute approximate surface area is 185 Å². The van der Waals surface area contributed by atoms with E-state index in [1.807, 2.05) is 12.1 Å². The average Bonchev–Trinajstić information content (AvgIpc) is 2.66. The predicted molar refractivity (Wildman–Crippen MR) is 116 cm³/mol. The van der Waals surface area contributed by atoms with Gasteiger partial charge in [-0.3, -0.25) is 9.59 Å². The van der Waals surface area contributed by atoms with E-state index in [2.05, 4.69) is 5.23 Å². The van der Waals surface area contributed by atoms with E-state index in [0.29, 0.717) is 22.6 Å². The van der Waals surface area contributed by atoms with E-state index in [0.717, 1.165) is 5.56 Å². The first-order valence-electron chi connectivity index (χ1n) is 9.98.